The Morgan fingerprint density at radius 1 is 1.36 bits per heavy atom. The lowest BCUT2D eigenvalue weighted by Gasteiger charge is -2.43. The van der Waals surface area contributed by atoms with Gasteiger partial charge in [-0.1, -0.05) is 36.2 Å². The lowest BCUT2D eigenvalue weighted by molar-refractivity contribution is -0.136. The number of halogens is 1. The quantitative estimate of drug-likeness (QED) is 0.849. The number of likely N-dealkylation sites (tertiary alicyclic amines) is 1. The van der Waals surface area contributed by atoms with Gasteiger partial charge in [-0.2, -0.15) is 0 Å². The van der Waals surface area contributed by atoms with E-state index in [1.165, 1.54) is 19.3 Å². The summed E-state index contributed by atoms with van der Waals surface area (Å²) in [6.07, 6.45) is 6.49. The van der Waals surface area contributed by atoms with Crippen LogP contribution in [0.3, 0.4) is 0 Å². The molecule has 0 radical (unpaired) electrons. The number of rotatable bonds is 3. The molecule has 2 atom stereocenters. The molecule has 1 spiro atoms. The van der Waals surface area contributed by atoms with E-state index in [1.54, 1.807) is 0 Å². The fourth-order valence-corrected chi connectivity index (χ4v) is 4.43. The molecule has 1 saturated heterocycles. The standard InChI is InChI=1S/C18H24ClNO2/c1-22-16-8-4-9-18(16)10-5-11-20(13-18)17(21)12-14-6-2-3-7-15(14)19/h2-3,6-7,16H,4-5,8-13H2,1H3/t16-,18+/m1/s1. The van der Waals surface area contributed by atoms with Crippen LogP contribution in [-0.4, -0.2) is 37.1 Å². The van der Waals surface area contributed by atoms with Gasteiger partial charge in [0, 0.05) is 30.6 Å². The number of nitrogens with zero attached hydrogens (tertiary/aromatic N) is 1. The maximum atomic E-state index is 12.7. The Labute approximate surface area is 137 Å². The summed E-state index contributed by atoms with van der Waals surface area (Å²) in [4.78, 5) is 14.7. The number of hydrogen-bond acceptors (Lipinski definition) is 2. The summed E-state index contributed by atoms with van der Waals surface area (Å²) in [7, 11) is 1.81. The van der Waals surface area contributed by atoms with Gasteiger partial charge < -0.3 is 9.64 Å². The van der Waals surface area contributed by atoms with Gasteiger partial charge in [-0.05, 0) is 37.3 Å². The second kappa shape index (κ2) is 6.59. The maximum Gasteiger partial charge on any atom is 0.227 e. The monoisotopic (exact) mass is 321 g/mol. The van der Waals surface area contributed by atoms with Crippen molar-refractivity contribution < 1.29 is 9.53 Å². The summed E-state index contributed by atoms with van der Waals surface area (Å²) in [5, 5.41) is 0.679. The van der Waals surface area contributed by atoms with Crippen LogP contribution in [0.4, 0.5) is 0 Å². The third kappa shape index (κ3) is 3.02. The molecular weight excluding hydrogens is 298 g/mol. The second-order valence-electron chi connectivity index (χ2n) is 6.67. The first-order valence-corrected chi connectivity index (χ1v) is 8.56. The fraction of sp³-hybridized carbons (Fsp3) is 0.611. The first kappa shape index (κ1) is 15.8. The molecule has 0 bridgehead atoms. The van der Waals surface area contributed by atoms with Crippen molar-refractivity contribution in [2.75, 3.05) is 20.2 Å². The summed E-state index contributed by atoms with van der Waals surface area (Å²) >= 11 is 6.18. The number of piperidine rings is 1. The lowest BCUT2D eigenvalue weighted by Crippen LogP contribution is -2.50. The Bertz CT molecular complexity index is 548. The number of hydrogen-bond donors (Lipinski definition) is 0. The van der Waals surface area contributed by atoms with Crippen LogP contribution in [-0.2, 0) is 16.0 Å². The van der Waals surface area contributed by atoms with Crippen LogP contribution in [0, 0.1) is 5.41 Å². The average Bonchev–Trinajstić information content (AvgIpc) is 2.91. The van der Waals surface area contributed by atoms with Crippen LogP contribution >= 0.6 is 11.6 Å². The Morgan fingerprint density at radius 2 is 2.14 bits per heavy atom. The van der Waals surface area contributed by atoms with Gasteiger partial charge in [0.05, 0.1) is 12.5 Å². The number of carbonyl (C=O) groups is 1. The van der Waals surface area contributed by atoms with E-state index in [-0.39, 0.29) is 11.3 Å². The molecular formula is C18H24ClNO2. The molecule has 1 aliphatic heterocycles. The van der Waals surface area contributed by atoms with Crippen molar-refractivity contribution in [2.45, 2.75) is 44.6 Å². The Balaban J connectivity index is 1.69. The van der Waals surface area contributed by atoms with Crippen LogP contribution < -0.4 is 0 Å². The SMILES string of the molecule is CO[C@@H]1CCC[C@@]12CCCN(C(=O)Cc1ccccc1Cl)C2. The van der Waals surface area contributed by atoms with Crippen molar-refractivity contribution in [2.24, 2.45) is 5.41 Å². The molecule has 2 aliphatic rings. The molecule has 0 unspecified atom stereocenters. The Hall–Kier alpha value is -1.06. The van der Waals surface area contributed by atoms with E-state index in [0.29, 0.717) is 17.5 Å². The van der Waals surface area contributed by atoms with Gasteiger partial charge in [0.25, 0.3) is 0 Å². The zero-order valence-corrected chi connectivity index (χ0v) is 13.9. The third-order valence-electron chi connectivity index (χ3n) is 5.37. The third-order valence-corrected chi connectivity index (χ3v) is 5.74. The number of methoxy groups -OCH3 is 1. The van der Waals surface area contributed by atoms with Crippen molar-refractivity contribution >= 4 is 17.5 Å². The van der Waals surface area contributed by atoms with E-state index in [4.69, 9.17) is 16.3 Å². The molecule has 1 heterocycles. The van der Waals surface area contributed by atoms with E-state index in [1.807, 2.05) is 36.3 Å². The summed E-state index contributed by atoms with van der Waals surface area (Å²) < 4.78 is 5.71. The van der Waals surface area contributed by atoms with Gasteiger partial charge in [-0.15, -0.1) is 0 Å². The first-order valence-electron chi connectivity index (χ1n) is 8.19. The summed E-state index contributed by atoms with van der Waals surface area (Å²) in [5.74, 6) is 0.189. The molecule has 2 fully saturated rings. The molecule has 120 valence electrons. The normalized spacial score (nSPS) is 28.3. The number of ether oxygens (including phenoxy) is 1. The van der Waals surface area contributed by atoms with E-state index >= 15 is 0 Å². The van der Waals surface area contributed by atoms with Gasteiger partial charge in [0.1, 0.15) is 0 Å². The largest absolute Gasteiger partial charge is 0.381 e. The predicted octanol–water partition coefficient (Wildman–Crippen LogP) is 3.69. The molecule has 22 heavy (non-hydrogen) atoms. The minimum atomic E-state index is 0.184. The summed E-state index contributed by atoms with van der Waals surface area (Å²) in [6.45, 7) is 1.70. The number of benzene rings is 1. The van der Waals surface area contributed by atoms with Gasteiger partial charge in [0.15, 0.2) is 0 Å². The summed E-state index contributed by atoms with van der Waals surface area (Å²) in [6, 6.07) is 7.62. The van der Waals surface area contributed by atoms with Gasteiger partial charge in [0.2, 0.25) is 5.91 Å². The molecule has 1 amide bonds. The number of amides is 1. The molecule has 4 heteroatoms. The van der Waals surface area contributed by atoms with Crippen LogP contribution in [0.25, 0.3) is 0 Å². The zero-order chi connectivity index (χ0) is 15.6. The van der Waals surface area contributed by atoms with Crippen LogP contribution in [0.1, 0.15) is 37.7 Å². The topological polar surface area (TPSA) is 29.5 Å². The Morgan fingerprint density at radius 3 is 2.91 bits per heavy atom. The highest BCUT2D eigenvalue weighted by Gasteiger charge is 2.46. The molecule has 0 N–H and O–H groups in total. The molecule has 1 aromatic rings. The zero-order valence-electron chi connectivity index (χ0n) is 13.2. The van der Waals surface area contributed by atoms with Crippen molar-refractivity contribution in [3.63, 3.8) is 0 Å². The maximum absolute atomic E-state index is 12.7. The highest BCUT2D eigenvalue weighted by Crippen LogP contribution is 2.46. The van der Waals surface area contributed by atoms with Gasteiger partial charge in [-0.3, -0.25) is 4.79 Å². The minimum absolute atomic E-state index is 0.184. The molecule has 3 rings (SSSR count). The fourth-order valence-electron chi connectivity index (χ4n) is 4.23. The van der Waals surface area contributed by atoms with Crippen LogP contribution in [0.5, 0.6) is 0 Å². The van der Waals surface area contributed by atoms with Gasteiger partial charge in [-0.25, -0.2) is 0 Å². The van der Waals surface area contributed by atoms with E-state index < -0.39 is 0 Å². The van der Waals surface area contributed by atoms with E-state index in [9.17, 15) is 4.79 Å². The van der Waals surface area contributed by atoms with Crippen molar-refractivity contribution in [3.8, 4) is 0 Å². The molecule has 1 aromatic carbocycles. The highest BCUT2D eigenvalue weighted by atomic mass is 35.5. The van der Waals surface area contributed by atoms with E-state index in [0.717, 1.165) is 31.5 Å². The van der Waals surface area contributed by atoms with Crippen molar-refractivity contribution in [3.05, 3.63) is 34.9 Å². The molecule has 1 saturated carbocycles. The lowest BCUT2D eigenvalue weighted by atomic mass is 9.76. The molecule has 3 nitrogen and oxygen atoms in total. The molecule has 1 aliphatic carbocycles. The van der Waals surface area contributed by atoms with Gasteiger partial charge >= 0.3 is 0 Å². The van der Waals surface area contributed by atoms with Crippen LogP contribution in [0.15, 0.2) is 24.3 Å². The van der Waals surface area contributed by atoms with Crippen LogP contribution in [0.2, 0.25) is 5.02 Å². The minimum Gasteiger partial charge on any atom is -0.381 e. The smallest absolute Gasteiger partial charge is 0.227 e. The number of carbonyl (C=O) groups excluding carboxylic acids is 1. The predicted molar refractivity (Wildman–Crippen MR) is 88.1 cm³/mol. The second-order valence-corrected chi connectivity index (χ2v) is 7.07. The van der Waals surface area contributed by atoms with Crippen molar-refractivity contribution in [1.82, 2.24) is 4.90 Å². The first-order chi connectivity index (χ1) is 10.6. The summed E-state index contributed by atoms with van der Waals surface area (Å²) in [5.41, 5.74) is 1.10. The van der Waals surface area contributed by atoms with Crippen molar-refractivity contribution in [1.29, 1.82) is 0 Å². The highest BCUT2D eigenvalue weighted by molar-refractivity contribution is 6.31. The molecule has 0 aromatic heterocycles. The van der Waals surface area contributed by atoms with E-state index in [2.05, 4.69) is 0 Å². The average molecular weight is 322 g/mol. The Kier molecular flexibility index (Phi) is 4.74.